The Bertz CT molecular complexity index is 927. The summed E-state index contributed by atoms with van der Waals surface area (Å²) in [4.78, 5) is 12.1. The first-order valence-corrected chi connectivity index (χ1v) is 9.70. The van der Waals surface area contributed by atoms with Gasteiger partial charge in [0.25, 0.3) is 0 Å². The smallest absolute Gasteiger partial charge is 0.230 e. The molecule has 0 saturated carbocycles. The molecule has 0 saturated heterocycles. The van der Waals surface area contributed by atoms with Crippen LogP contribution in [0.25, 0.3) is 11.4 Å². The van der Waals surface area contributed by atoms with Crippen LogP contribution in [0.4, 0.5) is 4.39 Å². The minimum Gasteiger partial charge on any atom is -0.351 e. The summed E-state index contributed by atoms with van der Waals surface area (Å²) in [6.07, 6.45) is 0. The second kappa shape index (κ2) is 8.81. The number of nitrogens with zero attached hydrogens (tertiary/aromatic N) is 3. The summed E-state index contributed by atoms with van der Waals surface area (Å²) in [5, 5.41) is 12.0. The molecule has 7 heteroatoms. The highest BCUT2D eigenvalue weighted by Gasteiger charge is 2.14. The first kappa shape index (κ1) is 19.1. The minimum atomic E-state index is -0.263. The molecule has 0 aliphatic heterocycles. The number of thioether (sulfide) groups is 1. The fourth-order valence-electron chi connectivity index (χ4n) is 2.61. The van der Waals surface area contributed by atoms with Crippen molar-refractivity contribution in [2.75, 3.05) is 5.75 Å². The highest BCUT2D eigenvalue weighted by Crippen LogP contribution is 2.23. The van der Waals surface area contributed by atoms with Gasteiger partial charge in [0.05, 0.1) is 5.75 Å². The lowest BCUT2D eigenvalue weighted by Crippen LogP contribution is -2.24. The van der Waals surface area contributed by atoms with Crippen molar-refractivity contribution in [1.82, 2.24) is 20.1 Å². The van der Waals surface area contributed by atoms with Crippen molar-refractivity contribution in [2.45, 2.75) is 32.1 Å². The van der Waals surface area contributed by atoms with Crippen LogP contribution < -0.4 is 5.32 Å². The fourth-order valence-corrected chi connectivity index (χ4v) is 3.44. The summed E-state index contributed by atoms with van der Waals surface area (Å²) in [5.41, 5.74) is 2.32. The van der Waals surface area contributed by atoms with E-state index >= 15 is 0 Å². The van der Waals surface area contributed by atoms with E-state index in [4.69, 9.17) is 0 Å². The average Bonchev–Trinajstić information content (AvgIpc) is 3.11. The van der Waals surface area contributed by atoms with Gasteiger partial charge in [0.1, 0.15) is 5.82 Å². The molecule has 0 atom stereocenters. The molecule has 0 bridgehead atoms. The van der Waals surface area contributed by atoms with Crippen molar-refractivity contribution >= 4 is 17.7 Å². The predicted molar refractivity (Wildman–Crippen MR) is 105 cm³/mol. The van der Waals surface area contributed by atoms with Crippen molar-refractivity contribution in [1.29, 1.82) is 0 Å². The van der Waals surface area contributed by atoms with Gasteiger partial charge in [0.15, 0.2) is 11.0 Å². The maximum absolute atomic E-state index is 13.6. The first-order chi connectivity index (χ1) is 13.1. The summed E-state index contributed by atoms with van der Waals surface area (Å²) in [6.45, 7) is 4.74. The third kappa shape index (κ3) is 4.74. The van der Waals surface area contributed by atoms with E-state index in [0.29, 0.717) is 23.8 Å². The maximum atomic E-state index is 13.6. The van der Waals surface area contributed by atoms with Crippen LogP contribution in [0.3, 0.4) is 0 Å². The van der Waals surface area contributed by atoms with E-state index in [9.17, 15) is 9.18 Å². The number of benzene rings is 2. The van der Waals surface area contributed by atoms with E-state index < -0.39 is 0 Å². The Morgan fingerprint density at radius 3 is 2.67 bits per heavy atom. The van der Waals surface area contributed by atoms with Gasteiger partial charge in [-0.25, -0.2) is 4.39 Å². The molecule has 5 nitrogen and oxygen atoms in total. The zero-order valence-electron chi connectivity index (χ0n) is 15.3. The van der Waals surface area contributed by atoms with Crippen LogP contribution in [0.2, 0.25) is 0 Å². The number of halogens is 1. The fraction of sp³-hybridized carbons (Fsp3) is 0.250. The Morgan fingerprint density at radius 1 is 1.19 bits per heavy atom. The highest BCUT2D eigenvalue weighted by molar-refractivity contribution is 7.99. The van der Waals surface area contributed by atoms with Gasteiger partial charge in [0.2, 0.25) is 5.91 Å². The molecule has 0 spiro atoms. The number of carbonyl (C=O) groups excluding carboxylic acids is 1. The molecule has 2 aromatic carbocycles. The van der Waals surface area contributed by atoms with Gasteiger partial charge in [0, 0.05) is 18.7 Å². The SMILES string of the molecule is CCn1c(SCC(=O)NCc2ccc(C)c(F)c2)nnc1-c1ccccc1. The predicted octanol–water partition coefficient (Wildman–Crippen LogP) is 3.82. The van der Waals surface area contributed by atoms with Crippen molar-refractivity contribution < 1.29 is 9.18 Å². The maximum Gasteiger partial charge on any atom is 0.230 e. The number of hydrogen-bond acceptors (Lipinski definition) is 4. The van der Waals surface area contributed by atoms with Crippen LogP contribution in [0, 0.1) is 12.7 Å². The van der Waals surface area contributed by atoms with E-state index in [1.54, 1.807) is 13.0 Å². The quantitative estimate of drug-likeness (QED) is 0.629. The molecule has 3 aromatic rings. The molecule has 0 radical (unpaired) electrons. The summed E-state index contributed by atoms with van der Waals surface area (Å²) in [5.74, 6) is 0.617. The first-order valence-electron chi connectivity index (χ1n) is 8.71. The zero-order chi connectivity index (χ0) is 19.2. The second-order valence-electron chi connectivity index (χ2n) is 6.07. The number of aromatic nitrogens is 3. The summed E-state index contributed by atoms with van der Waals surface area (Å²) in [7, 11) is 0. The minimum absolute atomic E-state index is 0.132. The number of aryl methyl sites for hydroxylation is 1. The van der Waals surface area contributed by atoms with Gasteiger partial charge in [-0.3, -0.25) is 4.79 Å². The molecule has 0 unspecified atom stereocenters. The third-order valence-corrected chi connectivity index (χ3v) is 5.09. The summed E-state index contributed by atoms with van der Waals surface area (Å²) < 4.78 is 15.6. The van der Waals surface area contributed by atoms with E-state index in [1.807, 2.05) is 47.9 Å². The lowest BCUT2D eigenvalue weighted by atomic mass is 10.1. The van der Waals surface area contributed by atoms with Crippen LogP contribution in [0.15, 0.2) is 53.7 Å². The van der Waals surface area contributed by atoms with Crippen LogP contribution in [0.1, 0.15) is 18.1 Å². The van der Waals surface area contributed by atoms with Gasteiger partial charge in [-0.2, -0.15) is 0 Å². The molecule has 1 aromatic heterocycles. The monoisotopic (exact) mass is 384 g/mol. The van der Waals surface area contributed by atoms with E-state index in [1.165, 1.54) is 17.8 Å². The van der Waals surface area contributed by atoms with E-state index in [0.717, 1.165) is 17.0 Å². The largest absolute Gasteiger partial charge is 0.351 e. The Balaban J connectivity index is 1.59. The summed E-state index contributed by atoms with van der Waals surface area (Å²) in [6, 6.07) is 14.8. The van der Waals surface area contributed by atoms with E-state index in [-0.39, 0.29) is 17.5 Å². The number of amides is 1. The highest BCUT2D eigenvalue weighted by atomic mass is 32.2. The molecule has 140 valence electrons. The standard InChI is InChI=1S/C20H21FN4OS/c1-3-25-19(16-7-5-4-6-8-16)23-24-20(25)27-13-18(26)22-12-15-10-9-14(2)17(21)11-15/h4-11H,3,12-13H2,1-2H3,(H,22,26). The molecular formula is C20H21FN4OS. The van der Waals surface area contributed by atoms with Gasteiger partial charge in [-0.05, 0) is 31.0 Å². The van der Waals surface area contributed by atoms with Crippen molar-refractivity contribution in [2.24, 2.45) is 0 Å². The van der Waals surface area contributed by atoms with Crippen LogP contribution in [0.5, 0.6) is 0 Å². The molecule has 1 N–H and O–H groups in total. The number of hydrogen-bond donors (Lipinski definition) is 1. The van der Waals surface area contributed by atoms with Crippen molar-refractivity contribution in [3.05, 3.63) is 65.5 Å². The van der Waals surface area contributed by atoms with E-state index in [2.05, 4.69) is 15.5 Å². The number of carbonyl (C=O) groups is 1. The van der Waals surface area contributed by atoms with Gasteiger partial charge < -0.3 is 9.88 Å². The van der Waals surface area contributed by atoms with Gasteiger partial charge in [-0.15, -0.1) is 10.2 Å². The molecule has 0 fully saturated rings. The normalized spacial score (nSPS) is 10.8. The molecule has 0 aliphatic rings. The second-order valence-corrected chi connectivity index (χ2v) is 7.01. The van der Waals surface area contributed by atoms with Crippen LogP contribution >= 0.6 is 11.8 Å². The average molecular weight is 384 g/mol. The van der Waals surface area contributed by atoms with Crippen molar-refractivity contribution in [3.63, 3.8) is 0 Å². The number of nitrogens with one attached hydrogen (secondary N) is 1. The van der Waals surface area contributed by atoms with Crippen LogP contribution in [-0.2, 0) is 17.9 Å². The third-order valence-electron chi connectivity index (χ3n) is 4.12. The van der Waals surface area contributed by atoms with Crippen molar-refractivity contribution in [3.8, 4) is 11.4 Å². The molecular weight excluding hydrogens is 363 g/mol. The van der Waals surface area contributed by atoms with Gasteiger partial charge >= 0.3 is 0 Å². The molecule has 3 rings (SSSR count). The zero-order valence-corrected chi connectivity index (χ0v) is 16.1. The Morgan fingerprint density at radius 2 is 1.96 bits per heavy atom. The van der Waals surface area contributed by atoms with Gasteiger partial charge in [-0.1, -0.05) is 54.2 Å². The summed E-state index contributed by atoms with van der Waals surface area (Å²) >= 11 is 1.34. The Kier molecular flexibility index (Phi) is 6.24. The molecule has 1 heterocycles. The topological polar surface area (TPSA) is 59.8 Å². The Hall–Kier alpha value is -2.67. The van der Waals surface area contributed by atoms with Crippen LogP contribution in [-0.4, -0.2) is 26.4 Å². The molecule has 27 heavy (non-hydrogen) atoms. The number of rotatable bonds is 7. The Labute approximate surface area is 162 Å². The lowest BCUT2D eigenvalue weighted by Gasteiger charge is -2.08. The molecule has 0 aliphatic carbocycles. The lowest BCUT2D eigenvalue weighted by molar-refractivity contribution is -0.118. The molecule has 1 amide bonds.